The summed E-state index contributed by atoms with van der Waals surface area (Å²) in [5.41, 5.74) is 9.00. The van der Waals surface area contributed by atoms with Crippen LogP contribution in [0.5, 0.6) is 0 Å². The predicted molar refractivity (Wildman–Crippen MR) is 262 cm³/mol. The first-order chi connectivity index (χ1) is 34.7. The number of carbonyl (C=O) groups excluding carboxylic acids is 4. The fourth-order valence-electron chi connectivity index (χ4n) is 6.97. The molecule has 1 unspecified atom stereocenters. The molecule has 0 fully saturated rings. The van der Waals surface area contributed by atoms with Crippen molar-refractivity contribution in [2.24, 2.45) is 5.73 Å². The normalized spacial score (nSPS) is 12.4. The second-order valence-electron chi connectivity index (χ2n) is 15.8. The highest BCUT2D eigenvalue weighted by molar-refractivity contribution is 7.18. The van der Waals surface area contributed by atoms with E-state index >= 15 is 0 Å². The molecule has 2 aromatic carbocycles. The van der Waals surface area contributed by atoms with Crippen LogP contribution in [0, 0.1) is 0 Å². The van der Waals surface area contributed by atoms with Gasteiger partial charge in [0, 0.05) is 50.3 Å². The third-order valence-electron chi connectivity index (χ3n) is 10.7. The van der Waals surface area contributed by atoms with Crippen molar-refractivity contribution in [3.8, 4) is 21.5 Å². The highest BCUT2D eigenvalue weighted by Gasteiger charge is 2.25. The topological polar surface area (TPSA) is 293 Å². The highest BCUT2D eigenvalue weighted by Crippen LogP contribution is 2.28. The molecule has 0 saturated carbocycles. The van der Waals surface area contributed by atoms with Crippen LogP contribution >= 0.6 is 22.7 Å². The third kappa shape index (κ3) is 14.3. The van der Waals surface area contributed by atoms with E-state index in [1.54, 1.807) is 73.7 Å². The fourth-order valence-corrected chi connectivity index (χ4v) is 8.39. The van der Waals surface area contributed by atoms with Crippen molar-refractivity contribution in [1.29, 1.82) is 0 Å². The van der Waals surface area contributed by atoms with Crippen molar-refractivity contribution in [2.75, 3.05) is 83.1 Å². The van der Waals surface area contributed by atoms with E-state index in [1.165, 1.54) is 22.7 Å². The molecule has 0 saturated heterocycles. The van der Waals surface area contributed by atoms with Gasteiger partial charge in [0.1, 0.15) is 6.29 Å². The van der Waals surface area contributed by atoms with Gasteiger partial charge in [0.2, 0.25) is 16.2 Å². The number of nitrogens with one attached hydrogen (secondary N) is 4. The summed E-state index contributed by atoms with van der Waals surface area (Å²) in [6.45, 7) is 5.05. The highest BCUT2D eigenvalue weighted by atomic mass is 32.1. The van der Waals surface area contributed by atoms with Gasteiger partial charge >= 0.3 is 0 Å². The van der Waals surface area contributed by atoms with Crippen LogP contribution < -0.4 is 27.0 Å². The van der Waals surface area contributed by atoms with Gasteiger partial charge in [0.15, 0.2) is 21.5 Å². The second-order valence-corrected chi connectivity index (χ2v) is 17.8. The maximum atomic E-state index is 12.9. The summed E-state index contributed by atoms with van der Waals surface area (Å²) in [5, 5.41) is 29.5. The molecule has 25 heteroatoms. The summed E-state index contributed by atoms with van der Waals surface area (Å²) in [6.07, 6.45) is 7.42. The Morgan fingerprint density at radius 1 is 0.662 bits per heavy atom. The number of imidazole rings is 2. The molecule has 3 amide bonds. The average molecular weight is 1010 g/mol. The number of benzene rings is 2. The van der Waals surface area contributed by atoms with Gasteiger partial charge in [-0.25, -0.2) is 9.97 Å². The van der Waals surface area contributed by atoms with Gasteiger partial charge in [-0.05, 0) is 67.1 Å². The smallest absolute Gasteiger partial charge is 0.257 e. The van der Waals surface area contributed by atoms with Crippen LogP contribution in [-0.4, -0.2) is 142 Å². The number of aldehydes is 1. The number of aromatic nitrogens is 8. The number of hydrogen-bond acceptors (Lipinski definition) is 20. The molecule has 1 atom stereocenters. The average Bonchev–Trinajstić information content (AvgIpc) is 4.25. The van der Waals surface area contributed by atoms with E-state index in [0.717, 1.165) is 11.0 Å². The number of hydrogen-bond donors (Lipinski definition) is 5. The Morgan fingerprint density at radius 3 is 1.66 bits per heavy atom. The standard InChI is InChI=1S/C46H51N13O10S2/c47-46(28-60,27-48-11-17-64-21-23-66-19-13-58-29-50-33-25-31(5-7-35(33)58)40(62)52-44-56-54-42(70-44)37-3-1-15-68-37)10-9-39(61)49-12-18-65-22-24-67-20-14-59-30-51-34-26-32(6-8-36(34)59)41(63)53-45-57-55-43(71-45)38-4-2-16-69-38/h1-8,15-16,25-26,28-30,48H,9-14,17-24,27,47H2,(H,49,61)(H,52,56,62)(H,53,57,63). The molecule has 0 spiro atoms. The van der Waals surface area contributed by atoms with Crippen molar-refractivity contribution in [2.45, 2.75) is 31.5 Å². The zero-order valence-corrected chi connectivity index (χ0v) is 40.0. The van der Waals surface area contributed by atoms with Gasteiger partial charge in [-0.1, -0.05) is 22.7 Å². The van der Waals surface area contributed by atoms with Gasteiger partial charge in [-0.2, -0.15) is 0 Å². The Bertz CT molecular complexity index is 2970. The van der Waals surface area contributed by atoms with E-state index in [9.17, 15) is 19.2 Å². The quantitative estimate of drug-likeness (QED) is 0.0311. The molecule has 0 aliphatic rings. The van der Waals surface area contributed by atoms with E-state index in [1.807, 2.05) is 21.3 Å². The number of amides is 3. The summed E-state index contributed by atoms with van der Waals surface area (Å²) in [6, 6.07) is 17.6. The first kappa shape index (κ1) is 50.3. The molecule has 23 nitrogen and oxygen atoms in total. The lowest BCUT2D eigenvalue weighted by Gasteiger charge is -2.23. The van der Waals surface area contributed by atoms with Crippen LogP contribution in [0.25, 0.3) is 43.6 Å². The van der Waals surface area contributed by atoms with E-state index in [-0.39, 0.29) is 37.1 Å². The Kier molecular flexibility index (Phi) is 17.8. The molecule has 6 heterocycles. The lowest BCUT2D eigenvalue weighted by Crippen LogP contribution is -2.51. The Morgan fingerprint density at radius 2 is 1.17 bits per heavy atom. The number of ether oxygens (including phenoxy) is 4. The van der Waals surface area contributed by atoms with Crippen molar-refractivity contribution in [3.05, 3.63) is 97.0 Å². The Hall–Kier alpha value is -7.10. The first-order valence-electron chi connectivity index (χ1n) is 22.5. The molecule has 0 radical (unpaired) electrons. The SMILES string of the molecule is NC(C=O)(CCC(=O)NCCOCCOCCn1cnc2cc(C(=O)Nc3nnc(-c4ccco4)s3)ccc21)CNCCOCCOCCn1cnc2cc(C(=O)Nc3nnc(-c4ccco4)s3)ccc21. The number of fused-ring (bicyclic) bond motifs is 2. The van der Waals surface area contributed by atoms with Crippen LogP contribution in [0.15, 0.2) is 94.7 Å². The fraction of sp³-hybridized carbons (Fsp3) is 0.348. The monoisotopic (exact) mass is 1010 g/mol. The lowest BCUT2D eigenvalue weighted by atomic mass is 9.96. The van der Waals surface area contributed by atoms with Gasteiger partial charge < -0.3 is 58.1 Å². The van der Waals surface area contributed by atoms with Gasteiger partial charge in [-0.15, -0.1) is 20.4 Å². The third-order valence-corrected chi connectivity index (χ3v) is 12.4. The van der Waals surface area contributed by atoms with Crippen molar-refractivity contribution >= 4 is 79.0 Å². The minimum absolute atomic E-state index is 0.0808. The minimum Gasteiger partial charge on any atom is -0.462 e. The molecule has 8 rings (SSSR count). The molecule has 8 aromatic rings. The van der Waals surface area contributed by atoms with Gasteiger partial charge in [0.25, 0.3) is 11.8 Å². The number of nitrogens with zero attached hydrogens (tertiary/aromatic N) is 8. The summed E-state index contributed by atoms with van der Waals surface area (Å²) in [5.74, 6) is 0.280. The molecular formula is C46H51N13O10S2. The van der Waals surface area contributed by atoms with Gasteiger partial charge in [-0.3, -0.25) is 25.0 Å². The van der Waals surface area contributed by atoms with Crippen molar-refractivity contribution in [1.82, 2.24) is 50.1 Å². The van der Waals surface area contributed by atoms with Crippen LogP contribution in [-0.2, 0) is 41.6 Å². The summed E-state index contributed by atoms with van der Waals surface area (Å²) in [7, 11) is 0. The molecule has 372 valence electrons. The number of furan rings is 2. The zero-order chi connectivity index (χ0) is 49.3. The molecule has 0 aliphatic heterocycles. The van der Waals surface area contributed by atoms with E-state index in [0.29, 0.717) is 139 Å². The lowest BCUT2D eigenvalue weighted by molar-refractivity contribution is -0.122. The second kappa shape index (κ2) is 25.1. The first-order valence-corrected chi connectivity index (χ1v) is 24.2. The summed E-state index contributed by atoms with van der Waals surface area (Å²) < 4.78 is 37.3. The maximum absolute atomic E-state index is 12.9. The van der Waals surface area contributed by atoms with Crippen molar-refractivity contribution in [3.63, 3.8) is 0 Å². The number of anilines is 2. The van der Waals surface area contributed by atoms with Crippen LogP contribution in [0.3, 0.4) is 0 Å². The molecule has 0 aliphatic carbocycles. The maximum Gasteiger partial charge on any atom is 0.257 e. The van der Waals surface area contributed by atoms with E-state index in [2.05, 4.69) is 51.6 Å². The van der Waals surface area contributed by atoms with Crippen molar-refractivity contribution < 1.29 is 47.0 Å². The predicted octanol–water partition coefficient (Wildman–Crippen LogP) is 4.26. The summed E-state index contributed by atoms with van der Waals surface area (Å²) >= 11 is 2.43. The van der Waals surface area contributed by atoms with Crippen LogP contribution in [0.4, 0.5) is 10.3 Å². The molecular weight excluding hydrogens is 959 g/mol. The van der Waals surface area contributed by atoms with E-state index < -0.39 is 5.54 Å². The van der Waals surface area contributed by atoms with Crippen LogP contribution in [0.2, 0.25) is 0 Å². The van der Waals surface area contributed by atoms with Crippen LogP contribution in [0.1, 0.15) is 33.6 Å². The van der Waals surface area contributed by atoms with E-state index in [4.69, 9.17) is 33.5 Å². The molecule has 6 N–H and O–H groups in total. The Balaban J connectivity index is 0.609. The number of carbonyl (C=O) groups is 4. The molecule has 6 aromatic heterocycles. The Labute approximate surface area is 413 Å². The molecule has 71 heavy (non-hydrogen) atoms. The largest absolute Gasteiger partial charge is 0.462 e. The summed E-state index contributed by atoms with van der Waals surface area (Å²) in [4.78, 5) is 58.9. The zero-order valence-electron chi connectivity index (χ0n) is 38.3. The number of nitrogens with two attached hydrogens (primary N) is 1. The minimum atomic E-state index is -1.21. The van der Waals surface area contributed by atoms with Gasteiger partial charge in [0.05, 0.1) is 106 Å². The number of rotatable bonds is 30. The molecule has 0 bridgehead atoms.